The summed E-state index contributed by atoms with van der Waals surface area (Å²) in [7, 11) is 2.10. The second-order valence-electron chi connectivity index (χ2n) is 7.67. The standard InChI is InChI=1S/C19H27N/c1-20-8-7-18-15-9-14-10-16(18)13-19(11-14,12-15)17-5-3-2-4-6-17/h2-6,14-16,18,20H,7-13H2,1H3. The lowest BCUT2D eigenvalue weighted by molar-refractivity contribution is -0.0586. The normalized spacial score (nSPS) is 42.0. The molecule has 1 aromatic rings. The molecule has 2 unspecified atom stereocenters. The minimum Gasteiger partial charge on any atom is -0.320 e. The zero-order chi connectivity index (χ0) is 13.6. The smallest absolute Gasteiger partial charge is 0.00389 e. The Morgan fingerprint density at radius 1 is 1.05 bits per heavy atom. The van der Waals surface area contributed by atoms with Gasteiger partial charge in [-0.3, -0.25) is 0 Å². The van der Waals surface area contributed by atoms with E-state index < -0.39 is 0 Å². The van der Waals surface area contributed by atoms with Gasteiger partial charge in [-0.2, -0.15) is 0 Å². The summed E-state index contributed by atoms with van der Waals surface area (Å²) >= 11 is 0. The number of rotatable bonds is 4. The lowest BCUT2D eigenvalue weighted by atomic mass is 9.44. The van der Waals surface area contributed by atoms with Crippen molar-refractivity contribution in [3.05, 3.63) is 35.9 Å². The molecule has 4 aliphatic rings. The Balaban J connectivity index is 1.61. The van der Waals surface area contributed by atoms with Crippen LogP contribution in [0.1, 0.15) is 44.1 Å². The summed E-state index contributed by atoms with van der Waals surface area (Å²) in [5.74, 6) is 4.05. The third-order valence-electron chi connectivity index (χ3n) is 6.58. The quantitative estimate of drug-likeness (QED) is 0.871. The molecule has 0 spiro atoms. The predicted molar refractivity (Wildman–Crippen MR) is 83.7 cm³/mol. The number of benzene rings is 1. The van der Waals surface area contributed by atoms with E-state index in [2.05, 4.69) is 42.7 Å². The van der Waals surface area contributed by atoms with Crippen molar-refractivity contribution in [1.82, 2.24) is 5.32 Å². The summed E-state index contributed by atoms with van der Waals surface area (Å²) in [6.07, 6.45) is 8.88. The van der Waals surface area contributed by atoms with Gasteiger partial charge in [0.2, 0.25) is 0 Å². The van der Waals surface area contributed by atoms with Crippen LogP contribution in [0, 0.1) is 23.7 Å². The summed E-state index contributed by atoms with van der Waals surface area (Å²) in [6.45, 7) is 1.21. The Hall–Kier alpha value is -0.820. The van der Waals surface area contributed by atoms with Crippen molar-refractivity contribution in [1.29, 1.82) is 0 Å². The first-order chi connectivity index (χ1) is 9.81. The Kier molecular flexibility index (Phi) is 3.14. The molecule has 4 saturated carbocycles. The van der Waals surface area contributed by atoms with Crippen LogP contribution in [0.3, 0.4) is 0 Å². The molecule has 20 heavy (non-hydrogen) atoms. The number of hydrogen-bond donors (Lipinski definition) is 1. The SMILES string of the molecule is CNCCC1C2CC3CC1CC(c1ccccc1)(C3)C2. The van der Waals surface area contributed by atoms with Crippen LogP contribution >= 0.6 is 0 Å². The maximum Gasteiger partial charge on any atom is -0.00389 e. The van der Waals surface area contributed by atoms with Gasteiger partial charge in [0.1, 0.15) is 0 Å². The molecule has 0 aromatic heterocycles. The average Bonchev–Trinajstić information content (AvgIpc) is 2.47. The first-order valence-corrected chi connectivity index (χ1v) is 8.51. The molecular formula is C19H27N. The van der Waals surface area contributed by atoms with E-state index in [0.29, 0.717) is 5.41 Å². The van der Waals surface area contributed by atoms with Gasteiger partial charge in [-0.1, -0.05) is 30.3 Å². The minimum atomic E-state index is 0.550. The van der Waals surface area contributed by atoms with E-state index in [1.165, 1.54) is 45.1 Å². The second-order valence-corrected chi connectivity index (χ2v) is 7.67. The average molecular weight is 269 g/mol. The molecule has 1 N–H and O–H groups in total. The van der Waals surface area contributed by atoms with E-state index in [-0.39, 0.29) is 0 Å². The van der Waals surface area contributed by atoms with E-state index in [9.17, 15) is 0 Å². The van der Waals surface area contributed by atoms with Crippen molar-refractivity contribution in [3.63, 3.8) is 0 Å². The van der Waals surface area contributed by atoms with Crippen LogP contribution < -0.4 is 5.32 Å². The van der Waals surface area contributed by atoms with Crippen molar-refractivity contribution in [3.8, 4) is 0 Å². The summed E-state index contributed by atoms with van der Waals surface area (Å²) in [5, 5.41) is 3.37. The monoisotopic (exact) mass is 269 g/mol. The molecule has 4 aliphatic carbocycles. The van der Waals surface area contributed by atoms with Gasteiger partial charge in [-0.05, 0) is 86.8 Å². The lowest BCUT2D eigenvalue weighted by Gasteiger charge is -2.60. The predicted octanol–water partition coefficient (Wildman–Crippen LogP) is 3.99. The van der Waals surface area contributed by atoms with Crippen LogP contribution in [-0.2, 0) is 5.41 Å². The molecule has 1 heteroatoms. The first kappa shape index (κ1) is 12.9. The number of hydrogen-bond acceptors (Lipinski definition) is 1. The van der Waals surface area contributed by atoms with E-state index >= 15 is 0 Å². The van der Waals surface area contributed by atoms with Crippen LogP contribution in [0.4, 0.5) is 0 Å². The molecule has 5 rings (SSSR count). The number of nitrogens with one attached hydrogen (secondary N) is 1. The van der Waals surface area contributed by atoms with Gasteiger partial charge in [0.05, 0.1) is 0 Å². The molecule has 108 valence electrons. The van der Waals surface area contributed by atoms with Gasteiger partial charge in [-0.15, -0.1) is 0 Å². The van der Waals surface area contributed by atoms with E-state index in [0.717, 1.165) is 23.7 Å². The van der Waals surface area contributed by atoms with Crippen molar-refractivity contribution >= 4 is 0 Å². The first-order valence-electron chi connectivity index (χ1n) is 8.51. The summed E-state index contributed by atoms with van der Waals surface area (Å²) in [6, 6.07) is 11.4. The van der Waals surface area contributed by atoms with E-state index in [1.807, 2.05) is 0 Å². The summed E-state index contributed by atoms with van der Waals surface area (Å²) in [5.41, 5.74) is 2.19. The topological polar surface area (TPSA) is 12.0 Å². The second kappa shape index (κ2) is 4.87. The van der Waals surface area contributed by atoms with Gasteiger partial charge in [0.25, 0.3) is 0 Å². The highest BCUT2D eigenvalue weighted by Gasteiger charge is 2.55. The fourth-order valence-corrected chi connectivity index (χ4v) is 6.06. The van der Waals surface area contributed by atoms with Crippen LogP contribution in [0.5, 0.6) is 0 Å². The molecule has 4 bridgehead atoms. The highest BCUT2D eigenvalue weighted by Crippen LogP contribution is 2.63. The molecule has 4 fully saturated rings. The molecular weight excluding hydrogens is 242 g/mol. The van der Waals surface area contributed by atoms with Gasteiger partial charge in [-0.25, -0.2) is 0 Å². The van der Waals surface area contributed by atoms with Gasteiger partial charge >= 0.3 is 0 Å². The maximum absolute atomic E-state index is 3.37. The largest absolute Gasteiger partial charge is 0.320 e. The molecule has 0 radical (unpaired) electrons. The zero-order valence-electron chi connectivity index (χ0n) is 12.6. The highest BCUT2D eigenvalue weighted by molar-refractivity contribution is 5.29. The van der Waals surface area contributed by atoms with E-state index in [4.69, 9.17) is 0 Å². The summed E-state index contributed by atoms with van der Waals surface area (Å²) < 4.78 is 0. The Bertz CT molecular complexity index is 450. The minimum absolute atomic E-state index is 0.550. The lowest BCUT2D eigenvalue weighted by Crippen LogP contribution is -2.53. The van der Waals surface area contributed by atoms with Crippen molar-refractivity contribution in [2.24, 2.45) is 23.7 Å². The van der Waals surface area contributed by atoms with Gasteiger partial charge in [0, 0.05) is 0 Å². The maximum atomic E-state index is 3.37. The molecule has 2 atom stereocenters. The van der Waals surface area contributed by atoms with Crippen molar-refractivity contribution < 1.29 is 0 Å². The van der Waals surface area contributed by atoms with Crippen molar-refractivity contribution in [2.75, 3.05) is 13.6 Å². The molecule has 1 nitrogen and oxygen atoms in total. The zero-order valence-corrected chi connectivity index (χ0v) is 12.6. The van der Waals surface area contributed by atoms with Gasteiger partial charge < -0.3 is 5.32 Å². The van der Waals surface area contributed by atoms with Gasteiger partial charge in [0.15, 0.2) is 0 Å². The van der Waals surface area contributed by atoms with Crippen LogP contribution in [0.25, 0.3) is 0 Å². The summed E-state index contributed by atoms with van der Waals surface area (Å²) in [4.78, 5) is 0. The van der Waals surface area contributed by atoms with Crippen molar-refractivity contribution in [2.45, 2.75) is 43.9 Å². The molecule has 1 aromatic carbocycles. The van der Waals surface area contributed by atoms with Crippen LogP contribution in [0.2, 0.25) is 0 Å². The van der Waals surface area contributed by atoms with Crippen LogP contribution in [0.15, 0.2) is 30.3 Å². The third kappa shape index (κ3) is 1.94. The molecule has 0 amide bonds. The fourth-order valence-electron chi connectivity index (χ4n) is 6.06. The fraction of sp³-hybridized carbons (Fsp3) is 0.684. The Morgan fingerprint density at radius 2 is 1.75 bits per heavy atom. The highest BCUT2D eigenvalue weighted by atomic mass is 14.8. The molecule has 0 heterocycles. The third-order valence-corrected chi connectivity index (χ3v) is 6.58. The van der Waals surface area contributed by atoms with E-state index in [1.54, 1.807) is 5.56 Å². The molecule has 0 aliphatic heterocycles. The Morgan fingerprint density at radius 3 is 2.40 bits per heavy atom. The molecule has 0 saturated heterocycles. The Labute approximate surface area is 123 Å². The van der Waals surface area contributed by atoms with Crippen LogP contribution in [-0.4, -0.2) is 13.6 Å².